The van der Waals surface area contributed by atoms with E-state index in [1.54, 1.807) is 4.90 Å². The van der Waals surface area contributed by atoms with E-state index in [0.717, 1.165) is 19.3 Å². The van der Waals surface area contributed by atoms with Crippen molar-refractivity contribution in [2.75, 3.05) is 26.2 Å². The number of aromatic nitrogens is 4. The molecule has 10 nitrogen and oxygen atoms in total. The average Bonchev–Trinajstić information content (AvgIpc) is 2.98. The Hall–Kier alpha value is -3.56. The monoisotopic (exact) mass is 424 g/mol. The Balaban J connectivity index is 1.35. The van der Waals surface area contributed by atoms with Gasteiger partial charge in [0.1, 0.15) is 5.69 Å². The van der Waals surface area contributed by atoms with Crippen molar-refractivity contribution in [2.24, 2.45) is 11.8 Å². The van der Waals surface area contributed by atoms with Crippen LogP contribution in [-0.2, 0) is 4.79 Å². The number of carbonyl (C=O) groups is 2. The topological polar surface area (TPSA) is 132 Å². The first kappa shape index (κ1) is 20.7. The zero-order valence-electron chi connectivity index (χ0n) is 17.0. The van der Waals surface area contributed by atoms with Crippen LogP contribution in [0.5, 0.6) is 0 Å². The molecule has 1 atom stereocenters. The lowest BCUT2D eigenvalue weighted by Crippen LogP contribution is -2.54. The third-order valence-electron chi connectivity index (χ3n) is 5.93. The summed E-state index contributed by atoms with van der Waals surface area (Å²) in [5, 5.41) is 0. The van der Waals surface area contributed by atoms with Crippen molar-refractivity contribution in [3.05, 3.63) is 63.0 Å². The van der Waals surface area contributed by atoms with Crippen LogP contribution in [0.3, 0.4) is 0 Å². The minimum atomic E-state index is -0.352. The van der Waals surface area contributed by atoms with E-state index in [2.05, 4.69) is 19.9 Å². The second-order valence-corrected chi connectivity index (χ2v) is 7.98. The van der Waals surface area contributed by atoms with Crippen molar-refractivity contribution in [3.8, 4) is 0 Å². The minimum absolute atomic E-state index is 0.130. The summed E-state index contributed by atoms with van der Waals surface area (Å²) in [6.07, 6.45) is 9.83. The number of hydrogen-bond donors (Lipinski definition) is 2. The van der Waals surface area contributed by atoms with Crippen LogP contribution in [0.1, 0.15) is 35.3 Å². The first-order valence-corrected chi connectivity index (χ1v) is 10.3. The van der Waals surface area contributed by atoms with Crippen molar-refractivity contribution in [3.63, 3.8) is 0 Å². The van der Waals surface area contributed by atoms with Gasteiger partial charge in [-0.25, -0.2) is 9.97 Å². The third kappa shape index (κ3) is 4.79. The Kier molecular flexibility index (Phi) is 6.06. The van der Waals surface area contributed by atoms with Crippen LogP contribution in [0.4, 0.5) is 0 Å². The largest absolute Gasteiger partial charge is 0.339 e. The fourth-order valence-corrected chi connectivity index (χ4v) is 4.12. The van der Waals surface area contributed by atoms with Gasteiger partial charge in [0.25, 0.3) is 17.0 Å². The van der Waals surface area contributed by atoms with Crippen LogP contribution in [0.25, 0.3) is 6.08 Å². The summed E-state index contributed by atoms with van der Waals surface area (Å²) < 4.78 is 0. The molecule has 162 valence electrons. The second-order valence-electron chi connectivity index (χ2n) is 7.98. The molecule has 1 unspecified atom stereocenters. The van der Waals surface area contributed by atoms with Gasteiger partial charge in [-0.3, -0.25) is 19.2 Å². The molecule has 10 heteroatoms. The van der Waals surface area contributed by atoms with Gasteiger partial charge in [0.2, 0.25) is 5.91 Å². The Morgan fingerprint density at radius 3 is 2.61 bits per heavy atom. The maximum absolute atomic E-state index is 12.7. The van der Waals surface area contributed by atoms with Gasteiger partial charge in [0.05, 0.1) is 18.2 Å². The summed E-state index contributed by atoms with van der Waals surface area (Å²) in [4.78, 5) is 64.5. The molecule has 2 N–H and O–H groups in total. The quantitative estimate of drug-likeness (QED) is 0.677. The highest BCUT2D eigenvalue weighted by Crippen LogP contribution is 2.31. The number of rotatable bonds is 4. The molecular weight excluding hydrogens is 400 g/mol. The van der Waals surface area contributed by atoms with Crippen LogP contribution in [0.2, 0.25) is 0 Å². The Bertz CT molecular complexity index is 1100. The Labute approximate surface area is 178 Å². The molecule has 2 aliphatic rings. The molecule has 31 heavy (non-hydrogen) atoms. The Morgan fingerprint density at radius 2 is 1.84 bits per heavy atom. The smallest absolute Gasteiger partial charge is 0.272 e. The molecule has 0 aromatic carbocycles. The molecular formula is C21H24N6O4. The fraction of sp³-hybridized carbons (Fsp3) is 0.429. The molecule has 4 rings (SSSR count). The van der Waals surface area contributed by atoms with Gasteiger partial charge in [-0.2, -0.15) is 0 Å². The van der Waals surface area contributed by atoms with E-state index in [9.17, 15) is 19.2 Å². The van der Waals surface area contributed by atoms with Crippen LogP contribution < -0.4 is 11.1 Å². The fourth-order valence-electron chi connectivity index (χ4n) is 4.12. The number of likely N-dealkylation sites (tertiary alicyclic amines) is 2. The third-order valence-corrected chi connectivity index (χ3v) is 5.93. The molecule has 2 aromatic rings. The van der Waals surface area contributed by atoms with E-state index in [0.29, 0.717) is 43.6 Å². The van der Waals surface area contributed by atoms with Crippen molar-refractivity contribution >= 4 is 17.9 Å². The van der Waals surface area contributed by atoms with Crippen molar-refractivity contribution in [1.29, 1.82) is 0 Å². The van der Waals surface area contributed by atoms with Gasteiger partial charge in [0, 0.05) is 44.5 Å². The molecule has 0 radical (unpaired) electrons. The summed E-state index contributed by atoms with van der Waals surface area (Å²) in [5.74, 6) is 0.242. The van der Waals surface area contributed by atoms with E-state index >= 15 is 0 Å². The molecule has 2 aromatic heterocycles. The summed E-state index contributed by atoms with van der Waals surface area (Å²) in [5.41, 5.74) is -0.157. The lowest BCUT2D eigenvalue weighted by atomic mass is 9.82. The van der Waals surface area contributed by atoms with Crippen LogP contribution >= 0.6 is 0 Å². The number of amides is 2. The molecule has 2 aliphatic heterocycles. The van der Waals surface area contributed by atoms with Gasteiger partial charge in [-0.1, -0.05) is 6.42 Å². The average molecular weight is 424 g/mol. The highest BCUT2D eigenvalue weighted by atomic mass is 16.2. The molecule has 0 bridgehead atoms. The SMILES string of the molecule is O=C(/C=C/c1cnc[nH]c1=O)N1CCCCC(C2CN(C(=O)c3cc(=O)[nH]cn3)C2)C1. The number of nitrogens with one attached hydrogen (secondary N) is 2. The molecule has 2 amide bonds. The predicted octanol–water partition coefficient (Wildman–Crippen LogP) is 0.267. The predicted molar refractivity (Wildman–Crippen MR) is 112 cm³/mol. The lowest BCUT2D eigenvalue weighted by Gasteiger charge is -2.44. The van der Waals surface area contributed by atoms with Crippen LogP contribution in [0, 0.1) is 11.8 Å². The molecule has 2 saturated heterocycles. The standard InChI is InChI=1S/C21H24N6O4/c28-18-7-17(23-13-24-18)21(31)27-10-16(11-27)15-3-1-2-6-26(9-15)19(29)5-4-14-8-22-12-25-20(14)30/h4-5,7-8,12-13,15-16H,1-3,6,9-11H2,(H,22,25,30)(H,23,24,28)/b5-4+. The van der Waals surface area contributed by atoms with E-state index in [-0.39, 0.29) is 28.6 Å². The number of carbonyl (C=O) groups excluding carboxylic acids is 2. The van der Waals surface area contributed by atoms with Gasteiger partial charge < -0.3 is 19.8 Å². The number of nitrogens with zero attached hydrogens (tertiary/aromatic N) is 4. The van der Waals surface area contributed by atoms with Crippen LogP contribution in [-0.4, -0.2) is 67.7 Å². The Morgan fingerprint density at radius 1 is 1.03 bits per heavy atom. The highest BCUT2D eigenvalue weighted by Gasteiger charge is 2.38. The summed E-state index contributed by atoms with van der Waals surface area (Å²) in [7, 11) is 0. The molecule has 0 spiro atoms. The zero-order chi connectivity index (χ0) is 21.8. The van der Waals surface area contributed by atoms with Crippen LogP contribution in [0.15, 0.2) is 40.6 Å². The summed E-state index contributed by atoms with van der Waals surface area (Å²) in [6.45, 7) is 2.50. The number of hydrogen-bond acceptors (Lipinski definition) is 6. The van der Waals surface area contributed by atoms with Gasteiger partial charge in [-0.05, 0) is 30.8 Å². The summed E-state index contributed by atoms with van der Waals surface area (Å²) >= 11 is 0. The van der Waals surface area contributed by atoms with E-state index in [1.165, 1.54) is 37.1 Å². The summed E-state index contributed by atoms with van der Waals surface area (Å²) in [6, 6.07) is 1.21. The minimum Gasteiger partial charge on any atom is -0.339 e. The number of H-pyrrole nitrogens is 2. The van der Waals surface area contributed by atoms with Gasteiger partial charge in [-0.15, -0.1) is 0 Å². The van der Waals surface area contributed by atoms with Crippen molar-refractivity contribution < 1.29 is 9.59 Å². The maximum Gasteiger partial charge on any atom is 0.272 e. The second kappa shape index (κ2) is 9.07. The van der Waals surface area contributed by atoms with Gasteiger partial charge >= 0.3 is 0 Å². The zero-order valence-corrected chi connectivity index (χ0v) is 17.0. The molecule has 2 fully saturated rings. The molecule has 0 saturated carbocycles. The van der Waals surface area contributed by atoms with E-state index < -0.39 is 0 Å². The molecule has 4 heterocycles. The first-order chi connectivity index (χ1) is 15.0. The highest BCUT2D eigenvalue weighted by molar-refractivity contribution is 5.93. The van der Waals surface area contributed by atoms with Gasteiger partial charge in [0.15, 0.2) is 0 Å². The van der Waals surface area contributed by atoms with E-state index in [4.69, 9.17) is 0 Å². The normalized spacial score (nSPS) is 19.8. The van der Waals surface area contributed by atoms with E-state index in [1.807, 2.05) is 4.90 Å². The molecule has 0 aliphatic carbocycles. The lowest BCUT2D eigenvalue weighted by molar-refractivity contribution is -0.126. The van der Waals surface area contributed by atoms with Crippen molar-refractivity contribution in [1.82, 2.24) is 29.7 Å². The maximum atomic E-state index is 12.7. The number of aromatic amines is 2. The van der Waals surface area contributed by atoms with Crippen molar-refractivity contribution in [2.45, 2.75) is 19.3 Å². The first-order valence-electron chi connectivity index (χ1n) is 10.3.